The number of benzene rings is 1. The van der Waals surface area contributed by atoms with Crippen molar-refractivity contribution in [3.8, 4) is 11.4 Å². The van der Waals surface area contributed by atoms with Gasteiger partial charge in [-0.1, -0.05) is 43.9 Å². The van der Waals surface area contributed by atoms with Crippen molar-refractivity contribution >= 4 is 19.1 Å². The summed E-state index contributed by atoms with van der Waals surface area (Å²) < 4.78 is 8.01. The molecule has 0 spiro atoms. The van der Waals surface area contributed by atoms with Gasteiger partial charge in [0.05, 0.1) is 5.69 Å². The third kappa shape index (κ3) is 4.43. The van der Waals surface area contributed by atoms with E-state index in [9.17, 15) is 0 Å². The van der Waals surface area contributed by atoms with Crippen LogP contribution in [-0.2, 0) is 29.7 Å². The third-order valence-electron chi connectivity index (χ3n) is 6.96. The molecule has 0 amide bonds. The van der Waals surface area contributed by atoms with Gasteiger partial charge in [0.1, 0.15) is 24.4 Å². The SMILES string of the molecule is C[Si](C)(C)CCOCn1ccc2c(-c3cc(C4(CN)Cc5ccccc5C4)ccn3)ncnc21. The third-order valence-corrected chi connectivity index (χ3v) is 8.67. The summed E-state index contributed by atoms with van der Waals surface area (Å²) in [5.41, 5.74) is 12.8. The van der Waals surface area contributed by atoms with Gasteiger partial charge in [-0.3, -0.25) is 4.98 Å². The van der Waals surface area contributed by atoms with Gasteiger partial charge >= 0.3 is 0 Å². The van der Waals surface area contributed by atoms with E-state index >= 15 is 0 Å². The fourth-order valence-electron chi connectivity index (χ4n) is 4.90. The maximum Gasteiger partial charge on any atom is 0.145 e. The van der Waals surface area contributed by atoms with Crippen LogP contribution in [0.25, 0.3) is 22.4 Å². The van der Waals surface area contributed by atoms with Crippen molar-refractivity contribution in [2.45, 2.75) is 50.7 Å². The second-order valence-corrected chi connectivity index (χ2v) is 16.3. The lowest BCUT2D eigenvalue weighted by molar-refractivity contribution is 0.0899. The summed E-state index contributed by atoms with van der Waals surface area (Å²) in [5.74, 6) is 0. The highest BCUT2D eigenvalue weighted by atomic mass is 28.3. The van der Waals surface area contributed by atoms with Crippen molar-refractivity contribution < 1.29 is 4.74 Å². The van der Waals surface area contributed by atoms with E-state index in [1.54, 1.807) is 6.33 Å². The van der Waals surface area contributed by atoms with Crippen LogP contribution in [0.4, 0.5) is 0 Å². The fourth-order valence-corrected chi connectivity index (χ4v) is 5.66. The maximum absolute atomic E-state index is 6.39. The molecule has 5 rings (SSSR count). The van der Waals surface area contributed by atoms with E-state index in [-0.39, 0.29) is 5.41 Å². The Labute approximate surface area is 202 Å². The van der Waals surface area contributed by atoms with E-state index in [0.29, 0.717) is 13.3 Å². The molecule has 0 bridgehead atoms. The Morgan fingerprint density at radius 3 is 2.50 bits per heavy atom. The Kier molecular flexibility index (Phi) is 6.10. The molecule has 1 aromatic carbocycles. The van der Waals surface area contributed by atoms with Crippen LogP contribution >= 0.6 is 0 Å². The first kappa shape index (κ1) is 22.9. The molecule has 7 heteroatoms. The van der Waals surface area contributed by atoms with Gasteiger partial charge in [-0.2, -0.15) is 0 Å². The topological polar surface area (TPSA) is 78.9 Å². The molecule has 0 radical (unpaired) electrons. The minimum absolute atomic E-state index is 0.107. The number of hydrogen-bond donors (Lipinski definition) is 1. The first-order valence-electron chi connectivity index (χ1n) is 12.0. The first-order chi connectivity index (χ1) is 16.4. The average molecular weight is 472 g/mol. The van der Waals surface area contributed by atoms with Crippen LogP contribution in [0.2, 0.25) is 25.7 Å². The van der Waals surface area contributed by atoms with Crippen LogP contribution < -0.4 is 5.73 Å². The molecule has 0 atom stereocenters. The lowest BCUT2D eigenvalue weighted by Gasteiger charge is -2.28. The molecule has 0 unspecified atom stereocenters. The molecule has 3 heterocycles. The summed E-state index contributed by atoms with van der Waals surface area (Å²) in [7, 11) is -1.11. The quantitative estimate of drug-likeness (QED) is 0.295. The second-order valence-electron chi connectivity index (χ2n) is 10.6. The van der Waals surface area contributed by atoms with Gasteiger partial charge in [0.15, 0.2) is 0 Å². The molecule has 1 aliphatic carbocycles. The molecule has 4 aromatic rings. The summed E-state index contributed by atoms with van der Waals surface area (Å²) in [6, 6.07) is 16.1. The monoisotopic (exact) mass is 471 g/mol. The number of nitrogens with two attached hydrogens (primary N) is 1. The summed E-state index contributed by atoms with van der Waals surface area (Å²) in [6.07, 6.45) is 7.43. The Bertz CT molecular complexity index is 1280. The van der Waals surface area contributed by atoms with Gasteiger partial charge in [0, 0.05) is 44.4 Å². The van der Waals surface area contributed by atoms with Crippen LogP contribution in [0.15, 0.2) is 61.2 Å². The number of pyridine rings is 1. The standard InChI is InChI=1S/C27H33N5OSi/c1-34(2,3)13-12-33-19-32-11-9-23-25(30-18-31-26(23)32)24-14-22(8-10-29-24)27(17-28)15-20-6-4-5-7-21(20)16-27/h4-11,14,18H,12-13,15-17,19,28H2,1-3H3. The van der Waals surface area contributed by atoms with Crippen molar-refractivity contribution in [2.75, 3.05) is 13.2 Å². The van der Waals surface area contributed by atoms with E-state index in [4.69, 9.17) is 15.5 Å². The molecule has 1 aliphatic rings. The average Bonchev–Trinajstić information content (AvgIpc) is 3.43. The van der Waals surface area contributed by atoms with Crippen LogP contribution in [0.5, 0.6) is 0 Å². The van der Waals surface area contributed by atoms with Gasteiger partial charge in [-0.25, -0.2) is 9.97 Å². The van der Waals surface area contributed by atoms with Crippen molar-refractivity contribution in [1.82, 2.24) is 19.5 Å². The highest BCUT2D eigenvalue weighted by Gasteiger charge is 2.37. The fraction of sp³-hybridized carbons (Fsp3) is 0.370. The van der Waals surface area contributed by atoms with Crippen LogP contribution in [0, 0.1) is 0 Å². The predicted molar refractivity (Wildman–Crippen MR) is 139 cm³/mol. The van der Waals surface area contributed by atoms with E-state index < -0.39 is 8.07 Å². The number of nitrogens with zero attached hydrogens (tertiary/aromatic N) is 4. The number of ether oxygens (including phenoxy) is 1. The Morgan fingerprint density at radius 2 is 1.79 bits per heavy atom. The zero-order valence-corrected chi connectivity index (χ0v) is 21.3. The molecule has 3 aromatic heterocycles. The van der Waals surface area contributed by atoms with E-state index in [1.165, 1.54) is 16.7 Å². The molecule has 6 nitrogen and oxygen atoms in total. The zero-order valence-electron chi connectivity index (χ0n) is 20.3. The van der Waals surface area contributed by atoms with Crippen molar-refractivity contribution in [2.24, 2.45) is 5.73 Å². The molecule has 0 saturated carbocycles. The van der Waals surface area contributed by atoms with Gasteiger partial charge in [0.25, 0.3) is 0 Å². The number of hydrogen-bond acceptors (Lipinski definition) is 5. The van der Waals surface area contributed by atoms with Gasteiger partial charge in [-0.05, 0) is 53.8 Å². The van der Waals surface area contributed by atoms with Crippen molar-refractivity contribution in [3.63, 3.8) is 0 Å². The van der Waals surface area contributed by atoms with E-state index in [1.807, 2.05) is 17.0 Å². The van der Waals surface area contributed by atoms with Crippen LogP contribution in [0.3, 0.4) is 0 Å². The smallest absolute Gasteiger partial charge is 0.145 e. The minimum Gasteiger partial charge on any atom is -0.361 e. The normalized spacial score (nSPS) is 15.1. The van der Waals surface area contributed by atoms with E-state index in [2.05, 4.69) is 72.1 Å². The van der Waals surface area contributed by atoms with Crippen LogP contribution in [-0.4, -0.2) is 40.7 Å². The molecular formula is C27H33N5OSi. The number of rotatable bonds is 8. The first-order valence-corrected chi connectivity index (χ1v) is 15.7. The Balaban J connectivity index is 1.43. The molecule has 0 saturated heterocycles. The number of fused-ring (bicyclic) bond motifs is 2. The largest absolute Gasteiger partial charge is 0.361 e. The summed E-state index contributed by atoms with van der Waals surface area (Å²) >= 11 is 0. The molecule has 2 N–H and O–H groups in total. The van der Waals surface area contributed by atoms with Gasteiger partial charge in [0.2, 0.25) is 0 Å². The molecule has 176 valence electrons. The molecule has 34 heavy (non-hydrogen) atoms. The molecule has 0 fully saturated rings. The highest BCUT2D eigenvalue weighted by Crippen LogP contribution is 2.40. The van der Waals surface area contributed by atoms with Crippen LogP contribution in [0.1, 0.15) is 16.7 Å². The predicted octanol–water partition coefficient (Wildman–Crippen LogP) is 4.80. The summed E-state index contributed by atoms with van der Waals surface area (Å²) in [5, 5.41) is 0.984. The second kappa shape index (κ2) is 9.06. The highest BCUT2D eigenvalue weighted by molar-refractivity contribution is 6.76. The lowest BCUT2D eigenvalue weighted by Crippen LogP contribution is -2.36. The summed E-state index contributed by atoms with van der Waals surface area (Å²) in [6.45, 7) is 8.95. The minimum atomic E-state index is -1.11. The Hall–Kier alpha value is -2.87. The molecule has 0 aliphatic heterocycles. The van der Waals surface area contributed by atoms with Gasteiger partial charge < -0.3 is 15.0 Å². The van der Waals surface area contributed by atoms with Gasteiger partial charge in [-0.15, -0.1) is 0 Å². The number of aromatic nitrogens is 4. The lowest BCUT2D eigenvalue weighted by atomic mass is 9.78. The van der Waals surface area contributed by atoms with E-state index in [0.717, 1.165) is 47.9 Å². The maximum atomic E-state index is 6.39. The summed E-state index contributed by atoms with van der Waals surface area (Å²) in [4.78, 5) is 13.9. The zero-order chi connectivity index (χ0) is 23.8. The Morgan fingerprint density at radius 1 is 1.03 bits per heavy atom. The van der Waals surface area contributed by atoms with Crippen molar-refractivity contribution in [1.29, 1.82) is 0 Å². The molecular weight excluding hydrogens is 438 g/mol. The van der Waals surface area contributed by atoms with Crippen molar-refractivity contribution in [3.05, 3.63) is 77.9 Å².